The minimum Gasteiger partial charge on any atom is -0.341 e. The van der Waals surface area contributed by atoms with Crippen LogP contribution in [0.5, 0.6) is 0 Å². The zero-order chi connectivity index (χ0) is 18.8. The van der Waals surface area contributed by atoms with Crippen molar-refractivity contribution in [2.24, 2.45) is 0 Å². The Hall–Kier alpha value is -3.09. The van der Waals surface area contributed by atoms with Gasteiger partial charge in [0.2, 0.25) is 0 Å². The second-order valence-corrected chi connectivity index (χ2v) is 6.78. The standard InChI is InChI=1S/C20H20FN5O/c1-13-23-9-17(14-4-6-16(21)7-5-14)19(25-13)15-3-2-8-26(11-15)20(27)18-10-22-12-24-18/h4-7,9-10,12,15H,2-3,8,11H2,1H3,(H,22,24)/t15-/m0/s1. The molecule has 3 aromatic rings. The number of carbonyl (C=O) groups is 1. The van der Waals surface area contributed by atoms with E-state index in [1.807, 2.05) is 11.8 Å². The molecule has 1 N–H and O–H groups in total. The van der Waals surface area contributed by atoms with Crippen LogP contribution in [0, 0.1) is 12.7 Å². The number of aromatic nitrogens is 4. The van der Waals surface area contributed by atoms with E-state index in [4.69, 9.17) is 0 Å². The first kappa shape index (κ1) is 17.3. The first-order valence-corrected chi connectivity index (χ1v) is 8.99. The lowest BCUT2D eigenvalue weighted by molar-refractivity contribution is 0.0700. The number of hydrogen-bond donors (Lipinski definition) is 1. The first-order chi connectivity index (χ1) is 13.1. The van der Waals surface area contributed by atoms with Gasteiger partial charge in [-0.15, -0.1) is 0 Å². The fourth-order valence-electron chi connectivity index (χ4n) is 3.58. The number of benzene rings is 1. The number of rotatable bonds is 3. The van der Waals surface area contributed by atoms with Crippen LogP contribution >= 0.6 is 0 Å². The van der Waals surface area contributed by atoms with Gasteiger partial charge in [0.1, 0.15) is 17.3 Å². The molecule has 1 aliphatic heterocycles. The summed E-state index contributed by atoms with van der Waals surface area (Å²) in [5, 5.41) is 0. The molecular formula is C20H20FN5O. The van der Waals surface area contributed by atoms with Crippen LogP contribution < -0.4 is 0 Å². The van der Waals surface area contributed by atoms with E-state index in [1.54, 1.807) is 24.5 Å². The summed E-state index contributed by atoms with van der Waals surface area (Å²) in [7, 11) is 0. The summed E-state index contributed by atoms with van der Waals surface area (Å²) in [5.74, 6) is 0.467. The SMILES string of the molecule is Cc1ncc(-c2ccc(F)cc2)c([C@H]2CCCN(C(=O)c3cnc[nH]3)C2)n1. The Morgan fingerprint density at radius 2 is 2.07 bits per heavy atom. The highest BCUT2D eigenvalue weighted by Crippen LogP contribution is 2.33. The quantitative estimate of drug-likeness (QED) is 0.772. The molecule has 1 aliphatic rings. The Balaban J connectivity index is 1.65. The Bertz CT molecular complexity index is 940. The average Bonchev–Trinajstić information content (AvgIpc) is 3.23. The van der Waals surface area contributed by atoms with Gasteiger partial charge in [0.05, 0.1) is 18.2 Å². The molecule has 4 rings (SSSR count). The molecule has 0 saturated carbocycles. The van der Waals surface area contributed by atoms with E-state index in [0.29, 0.717) is 24.6 Å². The molecule has 0 spiro atoms. The normalized spacial score (nSPS) is 17.1. The van der Waals surface area contributed by atoms with Gasteiger partial charge in [-0.3, -0.25) is 4.79 Å². The van der Waals surface area contributed by atoms with Gasteiger partial charge in [-0.1, -0.05) is 12.1 Å². The van der Waals surface area contributed by atoms with E-state index in [9.17, 15) is 9.18 Å². The van der Waals surface area contributed by atoms with Gasteiger partial charge in [-0.05, 0) is 37.5 Å². The maximum Gasteiger partial charge on any atom is 0.271 e. The summed E-state index contributed by atoms with van der Waals surface area (Å²) < 4.78 is 13.3. The molecule has 0 radical (unpaired) electrons. The van der Waals surface area contributed by atoms with Crippen molar-refractivity contribution in [3.8, 4) is 11.1 Å². The van der Waals surface area contributed by atoms with Crippen molar-refractivity contribution >= 4 is 5.91 Å². The number of nitrogens with one attached hydrogen (secondary N) is 1. The lowest BCUT2D eigenvalue weighted by Crippen LogP contribution is -2.39. The zero-order valence-corrected chi connectivity index (χ0v) is 15.0. The molecule has 7 heteroatoms. The highest BCUT2D eigenvalue weighted by molar-refractivity contribution is 5.92. The maximum absolute atomic E-state index is 13.3. The van der Waals surface area contributed by atoms with Crippen LogP contribution in [0.25, 0.3) is 11.1 Å². The van der Waals surface area contributed by atoms with Crippen LogP contribution in [-0.4, -0.2) is 43.8 Å². The molecule has 138 valence electrons. The molecule has 2 aromatic heterocycles. The number of aryl methyl sites for hydroxylation is 1. The number of likely N-dealkylation sites (tertiary alicyclic amines) is 1. The van der Waals surface area contributed by atoms with Crippen molar-refractivity contribution in [3.63, 3.8) is 0 Å². The molecule has 1 atom stereocenters. The third-order valence-electron chi connectivity index (χ3n) is 4.92. The number of imidazole rings is 1. The van der Waals surface area contributed by atoms with Gasteiger partial charge in [-0.2, -0.15) is 0 Å². The Labute approximate surface area is 156 Å². The van der Waals surface area contributed by atoms with Crippen molar-refractivity contribution in [2.45, 2.75) is 25.7 Å². The highest BCUT2D eigenvalue weighted by atomic mass is 19.1. The third kappa shape index (κ3) is 3.58. The van der Waals surface area contributed by atoms with Crippen molar-refractivity contribution < 1.29 is 9.18 Å². The zero-order valence-electron chi connectivity index (χ0n) is 15.0. The van der Waals surface area contributed by atoms with Crippen LogP contribution in [-0.2, 0) is 0 Å². The minimum absolute atomic E-state index is 0.0497. The van der Waals surface area contributed by atoms with Gasteiger partial charge in [0, 0.05) is 30.8 Å². The van der Waals surface area contributed by atoms with E-state index in [0.717, 1.165) is 29.7 Å². The number of aromatic amines is 1. The lowest BCUT2D eigenvalue weighted by Gasteiger charge is -2.33. The smallest absolute Gasteiger partial charge is 0.271 e. The Morgan fingerprint density at radius 1 is 1.26 bits per heavy atom. The van der Waals surface area contributed by atoms with Crippen LogP contribution in [0.2, 0.25) is 0 Å². The molecule has 1 saturated heterocycles. The highest BCUT2D eigenvalue weighted by Gasteiger charge is 2.29. The largest absolute Gasteiger partial charge is 0.341 e. The summed E-state index contributed by atoms with van der Waals surface area (Å²) in [6.45, 7) is 3.15. The molecule has 6 nitrogen and oxygen atoms in total. The molecular weight excluding hydrogens is 345 g/mol. The molecule has 0 aliphatic carbocycles. The molecule has 0 bridgehead atoms. The predicted octanol–water partition coefficient (Wildman–Crippen LogP) is 3.33. The van der Waals surface area contributed by atoms with E-state index >= 15 is 0 Å². The Kier molecular flexibility index (Phi) is 4.66. The third-order valence-corrected chi connectivity index (χ3v) is 4.92. The van der Waals surface area contributed by atoms with Crippen molar-refractivity contribution in [1.82, 2.24) is 24.8 Å². The summed E-state index contributed by atoms with van der Waals surface area (Å²) in [6.07, 6.45) is 6.69. The first-order valence-electron chi connectivity index (χ1n) is 8.99. The number of hydrogen-bond acceptors (Lipinski definition) is 4. The van der Waals surface area contributed by atoms with Crippen LogP contribution in [0.15, 0.2) is 43.0 Å². The van der Waals surface area contributed by atoms with Crippen LogP contribution in [0.4, 0.5) is 4.39 Å². The van der Waals surface area contributed by atoms with E-state index in [1.165, 1.54) is 18.5 Å². The summed E-state index contributed by atoms with van der Waals surface area (Å²) in [5.41, 5.74) is 3.18. The number of halogens is 1. The molecule has 3 heterocycles. The minimum atomic E-state index is -0.276. The number of H-pyrrole nitrogens is 1. The number of piperidine rings is 1. The van der Waals surface area contributed by atoms with Gasteiger partial charge < -0.3 is 9.88 Å². The predicted molar refractivity (Wildman–Crippen MR) is 98.6 cm³/mol. The molecule has 1 amide bonds. The number of carbonyl (C=O) groups excluding carboxylic acids is 1. The van der Waals surface area contributed by atoms with Crippen molar-refractivity contribution in [2.75, 3.05) is 13.1 Å². The topological polar surface area (TPSA) is 74.8 Å². The molecule has 1 aromatic carbocycles. The van der Waals surface area contributed by atoms with Gasteiger partial charge >= 0.3 is 0 Å². The van der Waals surface area contributed by atoms with Crippen LogP contribution in [0.3, 0.4) is 0 Å². The Morgan fingerprint density at radius 3 is 2.81 bits per heavy atom. The van der Waals surface area contributed by atoms with E-state index in [-0.39, 0.29) is 17.6 Å². The van der Waals surface area contributed by atoms with Crippen LogP contribution in [0.1, 0.15) is 40.8 Å². The van der Waals surface area contributed by atoms with Gasteiger partial charge in [-0.25, -0.2) is 19.3 Å². The van der Waals surface area contributed by atoms with E-state index < -0.39 is 0 Å². The maximum atomic E-state index is 13.3. The average molecular weight is 365 g/mol. The van der Waals surface area contributed by atoms with E-state index in [2.05, 4.69) is 19.9 Å². The fraction of sp³-hybridized carbons (Fsp3) is 0.300. The second-order valence-electron chi connectivity index (χ2n) is 6.78. The summed E-state index contributed by atoms with van der Waals surface area (Å²) in [4.78, 5) is 30.3. The monoisotopic (exact) mass is 365 g/mol. The number of amides is 1. The molecule has 27 heavy (non-hydrogen) atoms. The summed E-state index contributed by atoms with van der Waals surface area (Å²) in [6, 6.07) is 6.36. The van der Waals surface area contributed by atoms with Crippen molar-refractivity contribution in [1.29, 1.82) is 0 Å². The van der Waals surface area contributed by atoms with Gasteiger partial charge in [0.25, 0.3) is 5.91 Å². The second kappa shape index (κ2) is 7.26. The molecule has 0 unspecified atom stereocenters. The van der Waals surface area contributed by atoms with Crippen molar-refractivity contribution in [3.05, 3.63) is 66.0 Å². The fourth-order valence-corrected chi connectivity index (χ4v) is 3.58. The lowest BCUT2D eigenvalue weighted by atomic mass is 9.89. The molecule has 1 fully saturated rings. The van der Waals surface area contributed by atoms with Gasteiger partial charge in [0.15, 0.2) is 0 Å². The summed E-state index contributed by atoms with van der Waals surface area (Å²) >= 11 is 0. The number of nitrogens with zero attached hydrogens (tertiary/aromatic N) is 4.